The molecule has 15 heavy (non-hydrogen) atoms. The number of hydrogen-bond acceptors (Lipinski definition) is 2. The van der Waals surface area contributed by atoms with Gasteiger partial charge in [-0.15, -0.1) is 0 Å². The molecular weight excluding hydrogens is 190 g/mol. The van der Waals surface area contributed by atoms with E-state index in [-0.39, 0.29) is 11.5 Å². The first-order valence-corrected chi connectivity index (χ1v) is 5.58. The summed E-state index contributed by atoms with van der Waals surface area (Å²) in [5.74, 6) is 0. The van der Waals surface area contributed by atoms with Crippen molar-refractivity contribution in [3.05, 3.63) is 11.6 Å². The minimum Gasteiger partial charge on any atom is -0.450 e. The van der Waals surface area contributed by atoms with Gasteiger partial charge in [-0.1, -0.05) is 25.5 Å². The lowest BCUT2D eigenvalue weighted by molar-refractivity contribution is 0.0861. The minimum atomic E-state index is -0.180. The van der Waals surface area contributed by atoms with Gasteiger partial charge in [-0.25, -0.2) is 4.79 Å². The van der Waals surface area contributed by atoms with Crippen LogP contribution in [0.1, 0.15) is 34.1 Å². The Morgan fingerprint density at radius 1 is 1.60 bits per heavy atom. The Bertz CT molecular complexity index is 269. The van der Waals surface area contributed by atoms with Crippen molar-refractivity contribution in [2.75, 3.05) is 19.7 Å². The van der Waals surface area contributed by atoms with E-state index in [1.165, 1.54) is 5.57 Å². The smallest absolute Gasteiger partial charge is 0.409 e. The van der Waals surface area contributed by atoms with Crippen LogP contribution in [0, 0.1) is 5.41 Å². The van der Waals surface area contributed by atoms with E-state index in [4.69, 9.17) is 4.74 Å². The summed E-state index contributed by atoms with van der Waals surface area (Å²) in [6, 6.07) is 0. The molecule has 0 saturated carbocycles. The van der Waals surface area contributed by atoms with Crippen molar-refractivity contribution in [2.45, 2.75) is 34.1 Å². The molecule has 3 nitrogen and oxygen atoms in total. The molecule has 3 heteroatoms. The molecular formula is C12H21NO2. The monoisotopic (exact) mass is 211 g/mol. The lowest BCUT2D eigenvalue weighted by Gasteiger charge is -2.39. The maximum Gasteiger partial charge on any atom is 0.409 e. The number of rotatable bonds is 1. The van der Waals surface area contributed by atoms with Crippen LogP contribution in [0.3, 0.4) is 0 Å². The summed E-state index contributed by atoms with van der Waals surface area (Å²) >= 11 is 0. The normalized spacial score (nSPS) is 22.9. The zero-order chi connectivity index (χ0) is 11.5. The first-order chi connectivity index (χ1) is 7.01. The average Bonchev–Trinajstić information content (AvgIpc) is 2.16. The molecule has 0 atom stereocenters. The molecule has 0 unspecified atom stereocenters. The first kappa shape index (κ1) is 12.1. The summed E-state index contributed by atoms with van der Waals surface area (Å²) in [6.07, 6.45) is 2.95. The number of amides is 1. The highest BCUT2D eigenvalue weighted by Gasteiger charge is 2.33. The van der Waals surface area contributed by atoms with Crippen molar-refractivity contribution in [2.24, 2.45) is 5.41 Å². The number of likely N-dealkylation sites (tertiary alicyclic amines) is 1. The first-order valence-electron chi connectivity index (χ1n) is 5.58. The largest absolute Gasteiger partial charge is 0.450 e. The van der Waals surface area contributed by atoms with Gasteiger partial charge in [0.1, 0.15) is 0 Å². The van der Waals surface area contributed by atoms with Crippen molar-refractivity contribution >= 4 is 6.09 Å². The fourth-order valence-electron chi connectivity index (χ4n) is 2.16. The molecule has 1 aliphatic heterocycles. The second kappa shape index (κ2) is 4.69. The second-order valence-electron chi connectivity index (χ2n) is 4.57. The molecule has 86 valence electrons. The van der Waals surface area contributed by atoms with Gasteiger partial charge in [-0.2, -0.15) is 0 Å². The molecule has 1 rings (SSSR count). The maximum absolute atomic E-state index is 11.6. The van der Waals surface area contributed by atoms with E-state index >= 15 is 0 Å². The third-order valence-electron chi connectivity index (χ3n) is 2.98. The Balaban J connectivity index is 2.66. The van der Waals surface area contributed by atoms with E-state index in [2.05, 4.69) is 26.8 Å². The molecule has 1 heterocycles. The van der Waals surface area contributed by atoms with Gasteiger partial charge in [0.2, 0.25) is 0 Å². The Kier molecular flexibility index (Phi) is 3.77. The van der Waals surface area contributed by atoms with Gasteiger partial charge in [0, 0.05) is 18.5 Å². The van der Waals surface area contributed by atoms with Crippen LogP contribution in [0.5, 0.6) is 0 Å². The summed E-state index contributed by atoms with van der Waals surface area (Å²) in [4.78, 5) is 13.4. The second-order valence-corrected chi connectivity index (χ2v) is 4.57. The lowest BCUT2D eigenvalue weighted by Crippen LogP contribution is -2.45. The number of piperidine rings is 1. The quantitative estimate of drug-likeness (QED) is 0.624. The Morgan fingerprint density at radius 3 is 2.73 bits per heavy atom. The molecule has 0 bridgehead atoms. The van der Waals surface area contributed by atoms with E-state index in [1.807, 2.05) is 6.92 Å². The minimum absolute atomic E-state index is 0.0831. The van der Waals surface area contributed by atoms with Gasteiger partial charge in [0.05, 0.1) is 6.61 Å². The zero-order valence-electron chi connectivity index (χ0n) is 10.2. The maximum atomic E-state index is 11.6. The van der Waals surface area contributed by atoms with Gasteiger partial charge in [-0.05, 0) is 20.3 Å². The summed E-state index contributed by atoms with van der Waals surface area (Å²) in [6.45, 7) is 10.2. The summed E-state index contributed by atoms with van der Waals surface area (Å²) < 4.78 is 5.01. The summed E-state index contributed by atoms with van der Waals surface area (Å²) in [5.41, 5.74) is 1.52. The van der Waals surface area contributed by atoms with Crippen LogP contribution in [0.25, 0.3) is 0 Å². The Labute approximate surface area is 92.1 Å². The van der Waals surface area contributed by atoms with Crippen LogP contribution in [-0.4, -0.2) is 30.7 Å². The molecule has 0 spiro atoms. The van der Waals surface area contributed by atoms with Gasteiger partial charge < -0.3 is 9.64 Å². The SMILES string of the molecule is C/C=C1\CCN(C(=O)OCC)CC1(C)C. The summed E-state index contributed by atoms with van der Waals surface area (Å²) in [5, 5.41) is 0. The van der Waals surface area contributed by atoms with Crippen LogP contribution in [0.15, 0.2) is 11.6 Å². The van der Waals surface area contributed by atoms with E-state index in [0.717, 1.165) is 19.5 Å². The number of allylic oxidation sites excluding steroid dienone is 1. The number of ether oxygens (including phenoxy) is 1. The van der Waals surface area contributed by atoms with Crippen molar-refractivity contribution in [1.29, 1.82) is 0 Å². The van der Waals surface area contributed by atoms with Gasteiger partial charge in [0.15, 0.2) is 0 Å². The molecule has 0 aromatic rings. The molecule has 1 aliphatic rings. The third kappa shape index (κ3) is 2.74. The van der Waals surface area contributed by atoms with Gasteiger partial charge in [0.25, 0.3) is 0 Å². The fraction of sp³-hybridized carbons (Fsp3) is 0.750. The van der Waals surface area contributed by atoms with Crippen LogP contribution < -0.4 is 0 Å². The highest BCUT2D eigenvalue weighted by Crippen LogP contribution is 2.34. The topological polar surface area (TPSA) is 29.5 Å². The summed E-state index contributed by atoms with van der Waals surface area (Å²) in [7, 11) is 0. The zero-order valence-corrected chi connectivity index (χ0v) is 10.2. The molecule has 0 radical (unpaired) electrons. The number of carbonyl (C=O) groups excluding carboxylic acids is 1. The van der Waals surface area contributed by atoms with E-state index in [0.29, 0.717) is 6.61 Å². The molecule has 0 aromatic carbocycles. The van der Waals surface area contributed by atoms with Gasteiger partial charge in [-0.3, -0.25) is 0 Å². The predicted octanol–water partition coefficient (Wildman–Crippen LogP) is 2.82. The number of hydrogen-bond donors (Lipinski definition) is 0. The van der Waals surface area contributed by atoms with Crippen molar-refractivity contribution in [1.82, 2.24) is 4.90 Å². The van der Waals surface area contributed by atoms with E-state index in [9.17, 15) is 4.79 Å². The van der Waals surface area contributed by atoms with Crippen LogP contribution in [0.4, 0.5) is 4.79 Å². The van der Waals surface area contributed by atoms with Gasteiger partial charge >= 0.3 is 6.09 Å². The van der Waals surface area contributed by atoms with Crippen LogP contribution >= 0.6 is 0 Å². The molecule has 1 amide bonds. The lowest BCUT2D eigenvalue weighted by atomic mass is 9.79. The molecule has 1 fully saturated rings. The number of nitrogens with zero attached hydrogens (tertiary/aromatic N) is 1. The number of carbonyl (C=O) groups is 1. The highest BCUT2D eigenvalue weighted by molar-refractivity contribution is 5.68. The molecule has 0 aliphatic carbocycles. The average molecular weight is 211 g/mol. The Morgan fingerprint density at radius 2 is 2.27 bits per heavy atom. The Hall–Kier alpha value is -0.990. The van der Waals surface area contributed by atoms with Crippen molar-refractivity contribution in [3.63, 3.8) is 0 Å². The van der Waals surface area contributed by atoms with Crippen molar-refractivity contribution < 1.29 is 9.53 Å². The molecule has 0 N–H and O–H groups in total. The van der Waals surface area contributed by atoms with E-state index < -0.39 is 0 Å². The third-order valence-corrected chi connectivity index (χ3v) is 2.98. The standard InChI is InChI=1S/C12H21NO2/c1-5-10-7-8-13(9-12(10,3)4)11(14)15-6-2/h5H,6-9H2,1-4H3/b10-5+. The van der Waals surface area contributed by atoms with Crippen LogP contribution in [0.2, 0.25) is 0 Å². The van der Waals surface area contributed by atoms with E-state index in [1.54, 1.807) is 4.90 Å². The van der Waals surface area contributed by atoms with Crippen molar-refractivity contribution in [3.8, 4) is 0 Å². The molecule has 0 aromatic heterocycles. The van der Waals surface area contributed by atoms with Crippen LogP contribution in [-0.2, 0) is 4.74 Å². The highest BCUT2D eigenvalue weighted by atomic mass is 16.6. The predicted molar refractivity (Wildman–Crippen MR) is 60.8 cm³/mol. The molecule has 1 saturated heterocycles. The fourth-order valence-corrected chi connectivity index (χ4v) is 2.16.